The Kier molecular flexibility index (Phi) is 4.03. The van der Waals surface area contributed by atoms with Crippen molar-refractivity contribution in [2.24, 2.45) is 0 Å². The van der Waals surface area contributed by atoms with Crippen molar-refractivity contribution in [3.05, 3.63) is 34.7 Å². The summed E-state index contributed by atoms with van der Waals surface area (Å²) in [4.78, 5) is 15.0. The van der Waals surface area contributed by atoms with E-state index in [-0.39, 0.29) is 0 Å². The Balaban J connectivity index is 1.85. The molecule has 1 fully saturated rings. The van der Waals surface area contributed by atoms with Crippen LogP contribution in [-0.4, -0.2) is 29.1 Å². The second-order valence-electron chi connectivity index (χ2n) is 5.43. The highest BCUT2D eigenvalue weighted by molar-refractivity contribution is 7.19. The van der Waals surface area contributed by atoms with Gasteiger partial charge in [0.1, 0.15) is 0 Å². The lowest BCUT2D eigenvalue weighted by Gasteiger charge is -2.18. The number of rotatable bonds is 3. The molecule has 0 saturated carbocycles. The van der Waals surface area contributed by atoms with Crippen molar-refractivity contribution in [3.8, 4) is 0 Å². The molecule has 0 amide bonds. The average Bonchev–Trinajstić information content (AvgIpc) is 2.65. The van der Waals surface area contributed by atoms with Crippen LogP contribution < -0.4 is 0 Å². The first kappa shape index (κ1) is 13.6. The summed E-state index contributed by atoms with van der Waals surface area (Å²) < 4.78 is 1.08. The Morgan fingerprint density at radius 2 is 1.95 bits per heavy atom. The predicted octanol–water partition coefficient (Wildman–Crippen LogP) is 3.98. The van der Waals surface area contributed by atoms with E-state index in [0.29, 0.717) is 5.56 Å². The van der Waals surface area contributed by atoms with Crippen LogP contribution in [0.5, 0.6) is 0 Å². The summed E-state index contributed by atoms with van der Waals surface area (Å²) >= 11 is 1.72. The molecule has 1 N–H and O–H groups in total. The normalized spacial score (nSPS) is 17.2. The molecule has 1 aliphatic rings. The highest BCUT2D eigenvalue weighted by atomic mass is 32.1. The molecule has 4 heteroatoms. The summed E-state index contributed by atoms with van der Waals surface area (Å²) in [6.07, 6.45) is 5.24. The van der Waals surface area contributed by atoms with Crippen molar-refractivity contribution in [2.45, 2.75) is 32.2 Å². The van der Waals surface area contributed by atoms with Gasteiger partial charge in [-0.05, 0) is 44.1 Å². The average molecular weight is 289 g/mol. The van der Waals surface area contributed by atoms with Crippen molar-refractivity contribution < 1.29 is 9.90 Å². The van der Waals surface area contributed by atoms with Crippen LogP contribution in [-0.2, 0) is 6.54 Å². The number of carboxylic acids is 1. The molecule has 2 heterocycles. The summed E-state index contributed by atoms with van der Waals surface area (Å²) in [5.41, 5.74) is 0.417. The summed E-state index contributed by atoms with van der Waals surface area (Å²) in [5.74, 6) is -0.838. The second-order valence-corrected chi connectivity index (χ2v) is 6.59. The van der Waals surface area contributed by atoms with Crippen molar-refractivity contribution >= 4 is 27.4 Å². The SMILES string of the molecule is O=C(O)c1cccc2sc(CN3CCCCCC3)cc12. The van der Waals surface area contributed by atoms with Gasteiger partial charge < -0.3 is 5.11 Å². The number of thiophene rings is 1. The summed E-state index contributed by atoms with van der Waals surface area (Å²) in [6.45, 7) is 3.29. The van der Waals surface area contributed by atoms with Crippen molar-refractivity contribution in [1.82, 2.24) is 4.90 Å². The Hall–Kier alpha value is -1.39. The maximum Gasteiger partial charge on any atom is 0.336 e. The van der Waals surface area contributed by atoms with Crippen LogP contribution in [0.3, 0.4) is 0 Å². The monoisotopic (exact) mass is 289 g/mol. The number of benzene rings is 1. The fourth-order valence-electron chi connectivity index (χ4n) is 2.89. The van der Waals surface area contributed by atoms with Crippen LogP contribution in [0.4, 0.5) is 0 Å². The Morgan fingerprint density at radius 1 is 1.20 bits per heavy atom. The zero-order chi connectivity index (χ0) is 13.9. The molecule has 1 aromatic carbocycles. The molecular formula is C16H19NO2S. The van der Waals surface area contributed by atoms with E-state index < -0.39 is 5.97 Å². The van der Waals surface area contributed by atoms with Gasteiger partial charge in [0.2, 0.25) is 0 Å². The predicted molar refractivity (Wildman–Crippen MR) is 82.5 cm³/mol. The van der Waals surface area contributed by atoms with Gasteiger partial charge in [0, 0.05) is 21.5 Å². The molecule has 106 valence electrons. The molecule has 0 radical (unpaired) electrons. The van der Waals surface area contributed by atoms with Gasteiger partial charge in [-0.2, -0.15) is 0 Å². The number of likely N-dealkylation sites (tertiary alicyclic amines) is 1. The minimum Gasteiger partial charge on any atom is -0.478 e. The fourth-order valence-corrected chi connectivity index (χ4v) is 4.02. The number of hydrogen-bond acceptors (Lipinski definition) is 3. The van der Waals surface area contributed by atoms with E-state index in [4.69, 9.17) is 0 Å². The van der Waals surface area contributed by atoms with Crippen LogP contribution in [0.15, 0.2) is 24.3 Å². The van der Waals surface area contributed by atoms with E-state index in [9.17, 15) is 9.90 Å². The molecule has 3 nitrogen and oxygen atoms in total. The zero-order valence-electron chi connectivity index (χ0n) is 11.5. The molecule has 1 saturated heterocycles. The third kappa shape index (κ3) is 2.86. The van der Waals surface area contributed by atoms with Crippen LogP contribution >= 0.6 is 11.3 Å². The second kappa shape index (κ2) is 5.94. The fraction of sp³-hybridized carbons (Fsp3) is 0.438. The van der Waals surface area contributed by atoms with Crippen LogP contribution in [0.1, 0.15) is 40.9 Å². The highest BCUT2D eigenvalue weighted by Crippen LogP contribution is 2.29. The number of fused-ring (bicyclic) bond motifs is 1. The summed E-state index contributed by atoms with van der Waals surface area (Å²) in [7, 11) is 0. The van der Waals surface area contributed by atoms with Crippen molar-refractivity contribution in [3.63, 3.8) is 0 Å². The molecule has 0 spiro atoms. The number of hydrogen-bond donors (Lipinski definition) is 1. The topological polar surface area (TPSA) is 40.5 Å². The Morgan fingerprint density at radius 3 is 2.65 bits per heavy atom. The Bertz CT molecular complexity index is 612. The van der Waals surface area contributed by atoms with Crippen LogP contribution in [0.25, 0.3) is 10.1 Å². The molecule has 2 aromatic rings. The van der Waals surface area contributed by atoms with Gasteiger partial charge in [-0.25, -0.2) is 4.79 Å². The number of nitrogens with zero attached hydrogens (tertiary/aromatic N) is 1. The van der Waals surface area contributed by atoms with Crippen LogP contribution in [0, 0.1) is 0 Å². The first-order valence-corrected chi connectivity index (χ1v) is 8.03. The lowest BCUT2D eigenvalue weighted by molar-refractivity contribution is 0.0699. The van der Waals surface area contributed by atoms with E-state index in [1.165, 1.54) is 43.6 Å². The molecule has 3 rings (SSSR count). The Labute approximate surface area is 122 Å². The molecular weight excluding hydrogens is 270 g/mol. The van der Waals surface area contributed by atoms with Crippen LogP contribution in [0.2, 0.25) is 0 Å². The largest absolute Gasteiger partial charge is 0.478 e. The lowest BCUT2D eigenvalue weighted by atomic mass is 10.1. The quantitative estimate of drug-likeness (QED) is 0.929. The molecule has 1 aliphatic heterocycles. The van der Waals surface area contributed by atoms with E-state index in [1.54, 1.807) is 17.4 Å². The van der Waals surface area contributed by atoms with E-state index in [0.717, 1.165) is 16.6 Å². The van der Waals surface area contributed by atoms with E-state index in [2.05, 4.69) is 11.0 Å². The summed E-state index contributed by atoms with van der Waals surface area (Å²) in [5, 5.41) is 10.1. The third-order valence-electron chi connectivity index (χ3n) is 3.92. The number of carbonyl (C=O) groups is 1. The molecule has 0 atom stereocenters. The number of aromatic carboxylic acids is 1. The van der Waals surface area contributed by atoms with Gasteiger partial charge in [0.15, 0.2) is 0 Å². The van der Waals surface area contributed by atoms with Gasteiger partial charge in [0.05, 0.1) is 5.56 Å². The van der Waals surface area contributed by atoms with E-state index >= 15 is 0 Å². The minimum absolute atomic E-state index is 0.417. The summed E-state index contributed by atoms with van der Waals surface area (Å²) in [6, 6.07) is 7.60. The molecule has 0 bridgehead atoms. The first-order chi connectivity index (χ1) is 9.74. The van der Waals surface area contributed by atoms with Gasteiger partial charge in [-0.1, -0.05) is 18.9 Å². The molecule has 20 heavy (non-hydrogen) atoms. The van der Waals surface area contributed by atoms with Gasteiger partial charge >= 0.3 is 5.97 Å². The zero-order valence-corrected chi connectivity index (χ0v) is 12.3. The third-order valence-corrected chi connectivity index (χ3v) is 5.01. The van der Waals surface area contributed by atoms with E-state index in [1.807, 2.05) is 12.1 Å². The first-order valence-electron chi connectivity index (χ1n) is 7.21. The number of carboxylic acid groups (broad SMARTS) is 1. The minimum atomic E-state index is -0.838. The molecule has 1 aromatic heterocycles. The smallest absolute Gasteiger partial charge is 0.336 e. The highest BCUT2D eigenvalue weighted by Gasteiger charge is 2.14. The lowest BCUT2D eigenvalue weighted by Crippen LogP contribution is -2.23. The standard InChI is InChI=1S/C16H19NO2S/c18-16(19)13-6-5-7-15-14(13)10-12(20-15)11-17-8-3-1-2-4-9-17/h5-7,10H,1-4,8-9,11H2,(H,18,19). The molecule has 0 unspecified atom stereocenters. The van der Waals surface area contributed by atoms with Crippen molar-refractivity contribution in [2.75, 3.05) is 13.1 Å². The maximum absolute atomic E-state index is 11.3. The molecule has 0 aliphatic carbocycles. The maximum atomic E-state index is 11.3. The van der Waals surface area contributed by atoms with Crippen molar-refractivity contribution in [1.29, 1.82) is 0 Å². The van der Waals surface area contributed by atoms with Gasteiger partial charge in [0.25, 0.3) is 0 Å². The van der Waals surface area contributed by atoms with Gasteiger partial charge in [-0.15, -0.1) is 11.3 Å². The van der Waals surface area contributed by atoms with Gasteiger partial charge in [-0.3, -0.25) is 4.90 Å².